The van der Waals surface area contributed by atoms with Crippen molar-refractivity contribution in [2.45, 2.75) is 13.1 Å². The minimum atomic E-state index is 0.400. The maximum atomic E-state index is 6.18. The molecule has 2 aromatic rings. The van der Waals surface area contributed by atoms with Crippen LogP contribution in [0.5, 0.6) is 0 Å². The van der Waals surface area contributed by atoms with E-state index in [1.807, 2.05) is 18.2 Å². The van der Waals surface area contributed by atoms with Crippen molar-refractivity contribution >= 4 is 22.9 Å². The molecule has 0 bridgehead atoms. The van der Waals surface area contributed by atoms with Crippen LogP contribution in [-0.2, 0) is 13.1 Å². The molecular formula is C16H17ClN2S. The van der Waals surface area contributed by atoms with Gasteiger partial charge in [-0.3, -0.25) is 4.90 Å². The van der Waals surface area contributed by atoms with E-state index in [0.29, 0.717) is 6.54 Å². The summed E-state index contributed by atoms with van der Waals surface area (Å²) in [5.74, 6) is 5.92. The summed E-state index contributed by atoms with van der Waals surface area (Å²) in [5, 5.41) is 2.89. The van der Waals surface area contributed by atoms with Crippen LogP contribution < -0.4 is 5.73 Å². The van der Waals surface area contributed by atoms with Gasteiger partial charge in [-0.2, -0.15) is 0 Å². The largest absolute Gasteiger partial charge is 0.320 e. The average molecular weight is 305 g/mol. The predicted octanol–water partition coefficient (Wildman–Crippen LogP) is 3.34. The van der Waals surface area contributed by atoms with Gasteiger partial charge in [-0.1, -0.05) is 41.6 Å². The summed E-state index contributed by atoms with van der Waals surface area (Å²) in [5.41, 5.74) is 7.57. The number of halogens is 1. The Bertz CT molecular complexity index is 625. The van der Waals surface area contributed by atoms with Crippen LogP contribution in [0.25, 0.3) is 0 Å². The van der Waals surface area contributed by atoms with Crippen molar-refractivity contribution in [1.82, 2.24) is 4.90 Å². The van der Waals surface area contributed by atoms with Gasteiger partial charge in [-0.15, -0.1) is 11.3 Å². The number of rotatable bonds is 4. The van der Waals surface area contributed by atoms with Gasteiger partial charge in [0.25, 0.3) is 0 Å². The van der Waals surface area contributed by atoms with E-state index in [1.165, 1.54) is 4.88 Å². The van der Waals surface area contributed by atoms with Crippen LogP contribution >= 0.6 is 22.9 Å². The third-order valence-corrected chi connectivity index (χ3v) is 4.10. The van der Waals surface area contributed by atoms with E-state index in [0.717, 1.165) is 29.2 Å². The van der Waals surface area contributed by atoms with Crippen molar-refractivity contribution in [1.29, 1.82) is 0 Å². The van der Waals surface area contributed by atoms with Gasteiger partial charge in [0.1, 0.15) is 0 Å². The molecule has 0 aliphatic rings. The van der Waals surface area contributed by atoms with Gasteiger partial charge in [0.2, 0.25) is 0 Å². The van der Waals surface area contributed by atoms with E-state index in [9.17, 15) is 0 Å². The van der Waals surface area contributed by atoms with Gasteiger partial charge >= 0.3 is 0 Å². The Labute approximate surface area is 129 Å². The van der Waals surface area contributed by atoms with Gasteiger partial charge < -0.3 is 5.73 Å². The van der Waals surface area contributed by atoms with Crippen molar-refractivity contribution in [3.05, 3.63) is 56.7 Å². The SMILES string of the molecule is CN(Cc1cc(C#CCN)cs1)Cc1ccccc1Cl. The molecular weight excluding hydrogens is 288 g/mol. The lowest BCUT2D eigenvalue weighted by atomic mass is 10.2. The third-order valence-electron chi connectivity index (χ3n) is 2.81. The standard InChI is InChI=1S/C16H17ClN2S/c1-19(10-14-6-2-3-7-16(14)17)11-15-9-13(12-20-15)5-4-8-18/h2-3,6-7,9,12H,8,10-11,18H2,1H3. The predicted molar refractivity (Wildman–Crippen MR) is 86.9 cm³/mol. The first kappa shape index (κ1) is 15.1. The first-order chi connectivity index (χ1) is 9.69. The molecule has 0 radical (unpaired) electrons. The van der Waals surface area contributed by atoms with Crippen LogP contribution in [-0.4, -0.2) is 18.5 Å². The number of thiophene rings is 1. The fourth-order valence-electron chi connectivity index (χ4n) is 1.92. The number of nitrogens with two attached hydrogens (primary N) is 1. The molecule has 0 aliphatic carbocycles. The molecule has 0 saturated heterocycles. The first-order valence-corrected chi connectivity index (χ1v) is 7.63. The third kappa shape index (κ3) is 4.36. The first-order valence-electron chi connectivity index (χ1n) is 6.37. The molecule has 2 N–H and O–H groups in total. The summed E-state index contributed by atoms with van der Waals surface area (Å²) in [6, 6.07) is 10.1. The van der Waals surface area contributed by atoms with Crippen LogP contribution in [0.3, 0.4) is 0 Å². The van der Waals surface area contributed by atoms with Crippen molar-refractivity contribution in [2.75, 3.05) is 13.6 Å². The van der Waals surface area contributed by atoms with Crippen LogP contribution in [0, 0.1) is 11.8 Å². The molecule has 4 heteroatoms. The zero-order chi connectivity index (χ0) is 14.4. The highest BCUT2D eigenvalue weighted by Gasteiger charge is 2.06. The highest BCUT2D eigenvalue weighted by atomic mass is 35.5. The van der Waals surface area contributed by atoms with Crippen molar-refractivity contribution < 1.29 is 0 Å². The summed E-state index contributed by atoms with van der Waals surface area (Å²) in [7, 11) is 2.09. The quantitative estimate of drug-likeness (QED) is 0.878. The van der Waals surface area contributed by atoms with Crippen molar-refractivity contribution in [3.8, 4) is 11.8 Å². The molecule has 0 atom stereocenters. The van der Waals surface area contributed by atoms with Crippen LogP contribution in [0.15, 0.2) is 35.7 Å². The Morgan fingerprint density at radius 3 is 2.85 bits per heavy atom. The minimum Gasteiger partial charge on any atom is -0.320 e. The second-order valence-electron chi connectivity index (χ2n) is 4.57. The van der Waals surface area contributed by atoms with Gasteiger partial charge in [0, 0.05) is 33.9 Å². The molecule has 2 nitrogen and oxygen atoms in total. The molecule has 0 amide bonds. The molecule has 1 heterocycles. The normalized spacial score (nSPS) is 10.4. The van der Waals surface area contributed by atoms with Gasteiger partial charge in [-0.25, -0.2) is 0 Å². The van der Waals surface area contributed by atoms with E-state index in [-0.39, 0.29) is 0 Å². The Morgan fingerprint density at radius 1 is 1.30 bits per heavy atom. The van der Waals surface area contributed by atoms with Crippen molar-refractivity contribution in [3.63, 3.8) is 0 Å². The van der Waals surface area contributed by atoms with E-state index in [4.69, 9.17) is 17.3 Å². The molecule has 104 valence electrons. The monoisotopic (exact) mass is 304 g/mol. The Morgan fingerprint density at radius 2 is 2.10 bits per heavy atom. The van der Waals surface area contributed by atoms with E-state index < -0.39 is 0 Å². The fourth-order valence-corrected chi connectivity index (χ4v) is 3.01. The van der Waals surface area contributed by atoms with Gasteiger partial charge in [0.15, 0.2) is 0 Å². The van der Waals surface area contributed by atoms with Crippen LogP contribution in [0.2, 0.25) is 5.02 Å². The molecule has 1 aromatic carbocycles. The molecule has 0 aliphatic heterocycles. The molecule has 2 rings (SSSR count). The number of hydrogen-bond acceptors (Lipinski definition) is 3. The van der Waals surface area contributed by atoms with Gasteiger partial charge in [-0.05, 0) is 24.7 Å². The minimum absolute atomic E-state index is 0.400. The lowest BCUT2D eigenvalue weighted by Crippen LogP contribution is -2.16. The lowest BCUT2D eigenvalue weighted by molar-refractivity contribution is 0.322. The van der Waals surface area contributed by atoms with Crippen LogP contribution in [0.4, 0.5) is 0 Å². The lowest BCUT2D eigenvalue weighted by Gasteiger charge is -2.16. The number of hydrogen-bond donors (Lipinski definition) is 1. The van der Waals surface area contributed by atoms with Crippen LogP contribution in [0.1, 0.15) is 16.0 Å². The Kier molecular flexibility index (Phi) is 5.63. The molecule has 20 heavy (non-hydrogen) atoms. The van der Waals surface area contributed by atoms with Gasteiger partial charge in [0.05, 0.1) is 6.54 Å². The highest BCUT2D eigenvalue weighted by Crippen LogP contribution is 2.19. The summed E-state index contributed by atoms with van der Waals surface area (Å²) >= 11 is 7.90. The van der Waals surface area contributed by atoms with E-state index in [1.54, 1.807) is 11.3 Å². The average Bonchev–Trinajstić information content (AvgIpc) is 2.86. The zero-order valence-electron chi connectivity index (χ0n) is 11.4. The summed E-state index contributed by atoms with van der Waals surface area (Å²) < 4.78 is 0. The molecule has 1 aromatic heterocycles. The summed E-state index contributed by atoms with van der Waals surface area (Å²) in [6.07, 6.45) is 0. The summed E-state index contributed by atoms with van der Waals surface area (Å²) in [4.78, 5) is 3.54. The maximum absolute atomic E-state index is 6.18. The fraction of sp³-hybridized carbons (Fsp3) is 0.250. The number of benzene rings is 1. The second-order valence-corrected chi connectivity index (χ2v) is 5.97. The smallest absolute Gasteiger partial charge is 0.0555 e. The number of nitrogens with zero attached hydrogens (tertiary/aromatic N) is 1. The van der Waals surface area contributed by atoms with E-state index in [2.05, 4.69) is 41.3 Å². The molecule has 0 fully saturated rings. The molecule has 0 spiro atoms. The zero-order valence-corrected chi connectivity index (χ0v) is 13.0. The molecule has 0 saturated carbocycles. The highest BCUT2D eigenvalue weighted by molar-refractivity contribution is 7.10. The second kappa shape index (κ2) is 7.47. The Hall–Kier alpha value is -1.31. The maximum Gasteiger partial charge on any atom is 0.0555 e. The molecule has 0 unspecified atom stereocenters. The Balaban J connectivity index is 1.96. The van der Waals surface area contributed by atoms with E-state index >= 15 is 0 Å². The van der Waals surface area contributed by atoms with Crippen molar-refractivity contribution in [2.24, 2.45) is 5.73 Å². The summed E-state index contributed by atoms with van der Waals surface area (Å²) in [6.45, 7) is 2.12. The topological polar surface area (TPSA) is 29.3 Å².